The van der Waals surface area contributed by atoms with Crippen LogP contribution in [0.15, 0.2) is 48.5 Å². The topological polar surface area (TPSA) is 32.3 Å². The Kier molecular flexibility index (Phi) is 6.60. The van der Waals surface area contributed by atoms with Crippen LogP contribution in [-0.2, 0) is 17.6 Å². The molecule has 0 bridgehead atoms. The molecule has 4 rings (SSSR count). The minimum absolute atomic E-state index is 0.140. The van der Waals surface area contributed by atoms with E-state index in [1.807, 2.05) is 18.2 Å². The van der Waals surface area contributed by atoms with Gasteiger partial charge in [0.15, 0.2) is 0 Å². The van der Waals surface area contributed by atoms with Gasteiger partial charge in [-0.3, -0.25) is 4.79 Å². The Labute approximate surface area is 173 Å². The van der Waals surface area contributed by atoms with Gasteiger partial charge in [0.2, 0.25) is 5.91 Å². The molecule has 1 atom stereocenters. The highest BCUT2D eigenvalue weighted by Crippen LogP contribution is 2.35. The fourth-order valence-electron chi connectivity index (χ4n) is 4.87. The van der Waals surface area contributed by atoms with E-state index in [0.717, 1.165) is 38.0 Å². The molecular weight excluding hydrogens is 363 g/mol. The summed E-state index contributed by atoms with van der Waals surface area (Å²) in [6, 6.07) is 15.5. The minimum Gasteiger partial charge on any atom is -0.352 e. The molecule has 1 saturated heterocycles. The molecule has 29 heavy (non-hydrogen) atoms. The number of nitrogens with zero attached hydrogens (tertiary/aromatic N) is 1. The van der Waals surface area contributed by atoms with Crippen molar-refractivity contribution >= 4 is 5.91 Å². The number of carbonyl (C=O) groups excluding carboxylic acids is 1. The van der Waals surface area contributed by atoms with Crippen LogP contribution in [0.4, 0.5) is 4.39 Å². The number of carbonyl (C=O) groups is 1. The van der Waals surface area contributed by atoms with Gasteiger partial charge in [-0.25, -0.2) is 4.39 Å². The second kappa shape index (κ2) is 9.53. The van der Waals surface area contributed by atoms with E-state index < -0.39 is 0 Å². The molecule has 1 unspecified atom stereocenters. The molecule has 2 aliphatic rings. The Balaban J connectivity index is 1.25. The lowest BCUT2D eigenvalue weighted by atomic mass is 9.91. The SMILES string of the molecule is O=C(Cc1ccccc1C1CCCC1)NC1CCN(CCc2ccc(F)cc2)C1. The molecule has 154 valence electrons. The predicted octanol–water partition coefficient (Wildman–Crippen LogP) is 4.46. The summed E-state index contributed by atoms with van der Waals surface area (Å²) < 4.78 is 13.0. The molecule has 1 N–H and O–H groups in total. The maximum Gasteiger partial charge on any atom is 0.224 e. The zero-order valence-corrected chi connectivity index (χ0v) is 17.1. The smallest absolute Gasteiger partial charge is 0.224 e. The van der Waals surface area contributed by atoms with Crippen LogP contribution in [-0.4, -0.2) is 36.5 Å². The second-order valence-corrected chi connectivity index (χ2v) is 8.59. The van der Waals surface area contributed by atoms with Gasteiger partial charge < -0.3 is 10.2 Å². The molecule has 1 amide bonds. The monoisotopic (exact) mass is 394 g/mol. The van der Waals surface area contributed by atoms with Crippen molar-refractivity contribution in [3.05, 3.63) is 71.0 Å². The molecule has 2 aromatic rings. The molecule has 1 aliphatic carbocycles. The van der Waals surface area contributed by atoms with Crippen molar-refractivity contribution in [3.8, 4) is 0 Å². The van der Waals surface area contributed by atoms with E-state index in [2.05, 4.69) is 28.4 Å². The summed E-state index contributed by atoms with van der Waals surface area (Å²) >= 11 is 0. The van der Waals surface area contributed by atoms with E-state index in [9.17, 15) is 9.18 Å². The van der Waals surface area contributed by atoms with Crippen LogP contribution in [0.2, 0.25) is 0 Å². The summed E-state index contributed by atoms with van der Waals surface area (Å²) in [5.41, 5.74) is 3.73. The first-order chi connectivity index (χ1) is 14.2. The molecule has 0 aromatic heterocycles. The van der Waals surface area contributed by atoms with Crippen molar-refractivity contribution in [1.29, 1.82) is 0 Å². The molecule has 3 nitrogen and oxygen atoms in total. The number of hydrogen-bond acceptors (Lipinski definition) is 2. The fraction of sp³-hybridized carbons (Fsp3) is 0.480. The number of rotatable bonds is 7. The highest BCUT2D eigenvalue weighted by atomic mass is 19.1. The zero-order valence-electron chi connectivity index (χ0n) is 17.1. The summed E-state index contributed by atoms with van der Waals surface area (Å²) in [7, 11) is 0. The largest absolute Gasteiger partial charge is 0.352 e. The summed E-state index contributed by atoms with van der Waals surface area (Å²) in [5.74, 6) is 0.584. The van der Waals surface area contributed by atoms with Crippen LogP contribution in [0.25, 0.3) is 0 Å². The second-order valence-electron chi connectivity index (χ2n) is 8.59. The van der Waals surface area contributed by atoms with Crippen LogP contribution in [0.5, 0.6) is 0 Å². The Morgan fingerprint density at radius 2 is 1.79 bits per heavy atom. The van der Waals surface area contributed by atoms with E-state index in [1.165, 1.54) is 48.9 Å². The van der Waals surface area contributed by atoms with Crippen LogP contribution < -0.4 is 5.32 Å². The van der Waals surface area contributed by atoms with Gasteiger partial charge in [0, 0.05) is 25.7 Å². The van der Waals surface area contributed by atoms with Crippen molar-refractivity contribution in [2.24, 2.45) is 0 Å². The molecule has 2 fully saturated rings. The number of amides is 1. The Bertz CT molecular complexity index is 814. The number of benzene rings is 2. The third-order valence-corrected chi connectivity index (χ3v) is 6.47. The molecule has 1 aliphatic heterocycles. The molecule has 4 heteroatoms. The lowest BCUT2D eigenvalue weighted by Crippen LogP contribution is -2.38. The summed E-state index contributed by atoms with van der Waals surface area (Å²) in [5, 5.41) is 3.25. The maximum absolute atomic E-state index is 13.0. The first-order valence-corrected chi connectivity index (χ1v) is 11.0. The van der Waals surface area contributed by atoms with Gasteiger partial charge in [-0.05, 0) is 60.4 Å². The van der Waals surface area contributed by atoms with Crippen molar-refractivity contribution in [2.45, 2.75) is 56.9 Å². The first-order valence-electron chi connectivity index (χ1n) is 11.0. The Morgan fingerprint density at radius 1 is 1.03 bits per heavy atom. The molecule has 1 heterocycles. The van der Waals surface area contributed by atoms with Crippen LogP contribution in [0.3, 0.4) is 0 Å². The van der Waals surface area contributed by atoms with E-state index in [4.69, 9.17) is 0 Å². The average molecular weight is 395 g/mol. The van der Waals surface area contributed by atoms with Crippen molar-refractivity contribution in [2.75, 3.05) is 19.6 Å². The van der Waals surface area contributed by atoms with Crippen molar-refractivity contribution in [1.82, 2.24) is 10.2 Å². The van der Waals surface area contributed by atoms with Crippen LogP contribution >= 0.6 is 0 Å². The van der Waals surface area contributed by atoms with Gasteiger partial charge in [0.25, 0.3) is 0 Å². The van der Waals surface area contributed by atoms with E-state index >= 15 is 0 Å². The summed E-state index contributed by atoms with van der Waals surface area (Å²) in [4.78, 5) is 15.1. The minimum atomic E-state index is -0.188. The molecule has 0 radical (unpaired) electrons. The average Bonchev–Trinajstić information content (AvgIpc) is 3.40. The highest BCUT2D eigenvalue weighted by Gasteiger charge is 2.25. The lowest BCUT2D eigenvalue weighted by Gasteiger charge is -2.18. The standard InChI is InChI=1S/C25H31FN2O/c26-22-11-9-19(10-12-22)13-15-28-16-14-23(18-28)27-25(29)17-21-7-3-4-8-24(21)20-5-1-2-6-20/h3-4,7-12,20,23H,1-2,5-6,13-18H2,(H,27,29). The molecule has 1 saturated carbocycles. The van der Waals surface area contributed by atoms with Crippen molar-refractivity contribution in [3.63, 3.8) is 0 Å². The molecule has 0 spiro atoms. The van der Waals surface area contributed by atoms with Gasteiger partial charge in [-0.1, -0.05) is 49.2 Å². The van der Waals surface area contributed by atoms with Crippen molar-refractivity contribution < 1.29 is 9.18 Å². The summed E-state index contributed by atoms with van der Waals surface area (Å²) in [6.07, 6.45) is 7.52. The third-order valence-electron chi connectivity index (χ3n) is 6.47. The lowest BCUT2D eigenvalue weighted by molar-refractivity contribution is -0.121. The van der Waals surface area contributed by atoms with Gasteiger partial charge in [-0.15, -0.1) is 0 Å². The molecule has 2 aromatic carbocycles. The third kappa shape index (κ3) is 5.45. The van der Waals surface area contributed by atoms with Gasteiger partial charge >= 0.3 is 0 Å². The quantitative estimate of drug-likeness (QED) is 0.752. The molecular formula is C25H31FN2O. The van der Waals surface area contributed by atoms with Crippen LogP contribution in [0, 0.1) is 5.82 Å². The number of nitrogens with one attached hydrogen (secondary N) is 1. The first kappa shape index (κ1) is 20.1. The number of halogens is 1. The number of hydrogen-bond donors (Lipinski definition) is 1. The summed E-state index contributed by atoms with van der Waals surface area (Å²) in [6.45, 7) is 2.85. The fourth-order valence-corrected chi connectivity index (χ4v) is 4.87. The normalized spacial score (nSPS) is 20.2. The van der Waals surface area contributed by atoms with Gasteiger partial charge in [0.1, 0.15) is 5.82 Å². The zero-order chi connectivity index (χ0) is 20.1. The maximum atomic E-state index is 13.0. The van der Waals surface area contributed by atoms with Gasteiger partial charge in [-0.2, -0.15) is 0 Å². The van der Waals surface area contributed by atoms with E-state index in [1.54, 1.807) is 0 Å². The Morgan fingerprint density at radius 3 is 2.59 bits per heavy atom. The van der Waals surface area contributed by atoms with E-state index in [-0.39, 0.29) is 17.8 Å². The Hall–Kier alpha value is -2.20. The highest BCUT2D eigenvalue weighted by molar-refractivity contribution is 5.79. The number of likely N-dealkylation sites (tertiary alicyclic amines) is 1. The predicted molar refractivity (Wildman–Crippen MR) is 114 cm³/mol. The van der Waals surface area contributed by atoms with Gasteiger partial charge in [0.05, 0.1) is 6.42 Å². The van der Waals surface area contributed by atoms with E-state index in [0.29, 0.717) is 12.3 Å². The van der Waals surface area contributed by atoms with Crippen LogP contribution in [0.1, 0.15) is 54.7 Å².